The summed E-state index contributed by atoms with van der Waals surface area (Å²) in [4.78, 5) is 11.2. The molecule has 1 saturated heterocycles. The van der Waals surface area contributed by atoms with Gasteiger partial charge in [0, 0.05) is 6.42 Å². The van der Waals surface area contributed by atoms with Crippen molar-refractivity contribution in [1.29, 1.82) is 0 Å². The van der Waals surface area contributed by atoms with E-state index < -0.39 is 32.3 Å². The number of hydrogen-bond acceptors (Lipinski definition) is 9. The number of hydrogen-bond donors (Lipinski definition) is 2. The molecule has 0 amide bonds. The molecule has 1 aromatic carbocycles. The normalized spacial score (nSPS) is 25.3. The number of aliphatic hydroxyl groups excluding tert-OH is 1. The summed E-state index contributed by atoms with van der Waals surface area (Å²) in [7, 11) is -2.85. The second kappa shape index (κ2) is 7.68. The second-order valence-corrected chi connectivity index (χ2v) is 7.79. The molecule has 0 saturated carbocycles. The molecular weight excluding hydrogens is 404 g/mol. The van der Waals surface area contributed by atoms with Crippen LogP contribution >= 0.6 is 8.25 Å². The number of rotatable bonds is 6. The van der Waals surface area contributed by atoms with Crippen LogP contribution in [0.2, 0.25) is 0 Å². The van der Waals surface area contributed by atoms with E-state index in [1.165, 1.54) is 10.9 Å². The summed E-state index contributed by atoms with van der Waals surface area (Å²) < 4.78 is 43.6. The lowest BCUT2D eigenvalue weighted by atomic mass is 10.0. The van der Waals surface area contributed by atoms with E-state index in [1.54, 1.807) is 37.3 Å². The van der Waals surface area contributed by atoms with Crippen LogP contribution in [0.5, 0.6) is 5.75 Å². The topological polar surface area (TPSA) is 135 Å². The lowest BCUT2D eigenvalue weighted by molar-refractivity contribution is -0.110. The third-order valence-corrected chi connectivity index (χ3v) is 5.47. The predicted molar refractivity (Wildman–Crippen MR) is 101 cm³/mol. The number of fused-ring (bicyclic) bond motifs is 1. The minimum absolute atomic E-state index is 0.0902. The molecule has 10 nitrogen and oxygen atoms in total. The number of ether oxygens (including phenoxy) is 1. The lowest BCUT2D eigenvalue weighted by Crippen LogP contribution is -2.40. The first kappa shape index (κ1) is 19.7. The van der Waals surface area contributed by atoms with Crippen LogP contribution in [0.15, 0.2) is 36.7 Å². The highest BCUT2D eigenvalue weighted by Gasteiger charge is 2.46. The molecule has 154 valence electrons. The van der Waals surface area contributed by atoms with Crippen LogP contribution in [-0.2, 0) is 13.8 Å². The number of aromatic nitrogens is 4. The summed E-state index contributed by atoms with van der Waals surface area (Å²) in [5, 5.41) is 10.5. The maximum Gasteiger partial charge on any atom is 0.367 e. The summed E-state index contributed by atoms with van der Waals surface area (Å²) in [6, 6.07) is 8.60. The number of anilines is 1. The molecule has 1 unspecified atom stereocenters. The Morgan fingerprint density at radius 1 is 1.41 bits per heavy atom. The Labute approximate surface area is 165 Å². The molecular formula is C17H19FN5O5P. The van der Waals surface area contributed by atoms with E-state index >= 15 is 0 Å². The largest absolute Gasteiger partial charge is 0.426 e. The van der Waals surface area contributed by atoms with Crippen molar-refractivity contribution in [3.8, 4) is 5.75 Å². The molecule has 3 N–H and O–H groups in total. The van der Waals surface area contributed by atoms with Crippen LogP contribution in [0.25, 0.3) is 11.2 Å². The highest BCUT2D eigenvalue weighted by molar-refractivity contribution is 7.33. The minimum atomic E-state index is -2.85. The maximum absolute atomic E-state index is 13.6. The second-order valence-electron chi connectivity index (χ2n) is 6.79. The fourth-order valence-corrected chi connectivity index (χ4v) is 3.91. The van der Waals surface area contributed by atoms with E-state index in [0.29, 0.717) is 5.75 Å². The highest BCUT2D eigenvalue weighted by Crippen LogP contribution is 2.40. The Bertz CT molecular complexity index is 1050. The van der Waals surface area contributed by atoms with Gasteiger partial charge in [-0.3, -0.25) is 9.09 Å². The maximum atomic E-state index is 13.6. The quantitative estimate of drug-likeness (QED) is 0.451. The number of nitrogens with two attached hydrogens (primary N) is 1. The number of aliphatic hydroxyl groups is 1. The molecule has 1 aliphatic rings. The Balaban J connectivity index is 1.46. The van der Waals surface area contributed by atoms with E-state index in [0.717, 1.165) is 0 Å². The fraction of sp³-hybridized carbons (Fsp3) is 0.353. The molecule has 29 heavy (non-hydrogen) atoms. The van der Waals surface area contributed by atoms with Gasteiger partial charge in [-0.15, -0.1) is 0 Å². The number of imidazole rings is 1. The van der Waals surface area contributed by atoms with Gasteiger partial charge in [0.1, 0.15) is 17.6 Å². The van der Waals surface area contributed by atoms with Crippen LogP contribution in [0.4, 0.5) is 10.2 Å². The van der Waals surface area contributed by atoms with Gasteiger partial charge in [-0.1, -0.05) is 18.2 Å². The van der Waals surface area contributed by atoms with Crippen LogP contribution in [-0.4, -0.2) is 42.9 Å². The van der Waals surface area contributed by atoms with Crippen molar-refractivity contribution >= 4 is 25.2 Å². The smallest absolute Gasteiger partial charge is 0.367 e. The lowest BCUT2D eigenvalue weighted by Gasteiger charge is -2.27. The zero-order valence-electron chi connectivity index (χ0n) is 15.4. The van der Waals surface area contributed by atoms with Crippen molar-refractivity contribution in [2.75, 3.05) is 12.3 Å². The Hall–Kier alpha value is -2.59. The van der Waals surface area contributed by atoms with Gasteiger partial charge in [-0.2, -0.15) is 14.4 Å². The first-order valence-electron chi connectivity index (χ1n) is 8.77. The summed E-state index contributed by atoms with van der Waals surface area (Å²) in [6.07, 6.45) is -1.08. The zero-order valence-corrected chi connectivity index (χ0v) is 16.4. The summed E-state index contributed by atoms with van der Waals surface area (Å²) in [6.45, 7) is 1.45. The molecule has 0 spiro atoms. The van der Waals surface area contributed by atoms with Crippen molar-refractivity contribution < 1.29 is 27.8 Å². The predicted octanol–water partition coefficient (Wildman–Crippen LogP) is 2.07. The fourth-order valence-electron chi connectivity index (χ4n) is 3.12. The van der Waals surface area contributed by atoms with E-state index in [9.17, 15) is 14.1 Å². The van der Waals surface area contributed by atoms with Gasteiger partial charge in [-0.25, -0.2) is 9.55 Å². The van der Waals surface area contributed by atoms with Crippen molar-refractivity contribution in [1.82, 2.24) is 19.5 Å². The van der Waals surface area contributed by atoms with Gasteiger partial charge >= 0.3 is 14.3 Å². The first-order valence-corrected chi connectivity index (χ1v) is 9.99. The van der Waals surface area contributed by atoms with Gasteiger partial charge in [0.2, 0.25) is 0 Å². The van der Waals surface area contributed by atoms with E-state index in [4.69, 9.17) is 19.5 Å². The molecule has 4 atom stereocenters. The molecule has 0 aliphatic carbocycles. The van der Waals surface area contributed by atoms with Crippen LogP contribution in [0.3, 0.4) is 0 Å². The Morgan fingerprint density at radius 3 is 2.93 bits per heavy atom. The summed E-state index contributed by atoms with van der Waals surface area (Å²) in [5.41, 5.74) is 4.89. The van der Waals surface area contributed by atoms with Gasteiger partial charge in [0.25, 0.3) is 0 Å². The standard InChI is InChI=1S/C17H19FN5O5P/c1-17(8-26-29(25)28-10-5-3-2-4-6-10)11(24)7-12(27-17)23-9-20-13-14(19)21-16(18)22-15(13)23/h2-6,9,11-12,24,29H,7-8H2,1H3,(H2,19,21,22)/t11-,12+,17+/m0/s1. The van der Waals surface area contributed by atoms with Crippen LogP contribution in [0.1, 0.15) is 19.6 Å². The monoisotopic (exact) mass is 423 g/mol. The van der Waals surface area contributed by atoms with Crippen LogP contribution in [0, 0.1) is 6.08 Å². The first-order chi connectivity index (χ1) is 13.9. The molecule has 3 aromatic rings. The minimum Gasteiger partial charge on any atom is -0.426 e. The molecule has 0 radical (unpaired) electrons. The van der Waals surface area contributed by atoms with E-state index in [-0.39, 0.29) is 30.0 Å². The molecule has 1 aliphatic heterocycles. The van der Waals surface area contributed by atoms with Crippen molar-refractivity contribution in [2.24, 2.45) is 0 Å². The molecule has 2 aromatic heterocycles. The number of nitrogens with zero attached hydrogens (tertiary/aromatic N) is 4. The molecule has 0 bridgehead atoms. The summed E-state index contributed by atoms with van der Waals surface area (Å²) >= 11 is 0. The van der Waals surface area contributed by atoms with Crippen molar-refractivity contribution in [2.45, 2.75) is 31.3 Å². The Kier molecular flexibility index (Phi) is 5.22. The average molecular weight is 423 g/mol. The van der Waals surface area contributed by atoms with Gasteiger partial charge in [0.05, 0.1) is 19.0 Å². The zero-order chi connectivity index (χ0) is 20.6. The number of para-hydroxylation sites is 1. The number of benzene rings is 1. The third-order valence-electron chi connectivity index (χ3n) is 4.69. The molecule has 3 heterocycles. The molecule has 4 rings (SSSR count). The van der Waals surface area contributed by atoms with Gasteiger partial charge in [0.15, 0.2) is 17.0 Å². The molecule has 12 heteroatoms. The average Bonchev–Trinajstić information content (AvgIpc) is 3.23. The van der Waals surface area contributed by atoms with E-state index in [1.807, 2.05) is 0 Å². The van der Waals surface area contributed by atoms with Gasteiger partial charge in [-0.05, 0) is 19.1 Å². The number of halogens is 1. The van der Waals surface area contributed by atoms with Crippen molar-refractivity contribution in [3.05, 3.63) is 42.7 Å². The van der Waals surface area contributed by atoms with Crippen molar-refractivity contribution in [3.63, 3.8) is 0 Å². The summed E-state index contributed by atoms with van der Waals surface area (Å²) in [5.74, 6) is 0.323. The number of nitrogen functional groups attached to an aromatic ring is 1. The molecule has 1 fully saturated rings. The van der Waals surface area contributed by atoms with Crippen LogP contribution < -0.4 is 10.3 Å². The Morgan fingerprint density at radius 2 is 2.17 bits per heavy atom. The third kappa shape index (κ3) is 3.95. The van der Waals surface area contributed by atoms with E-state index in [2.05, 4.69) is 15.0 Å². The van der Waals surface area contributed by atoms with Gasteiger partial charge < -0.3 is 20.1 Å². The highest BCUT2D eigenvalue weighted by atomic mass is 31.1. The SMILES string of the molecule is C[C@]1(CO[PH](=O)Oc2ccccc2)O[C@@H](n2cnc3c(N)nc(F)nc32)C[C@@H]1O.